The second-order valence-electron chi connectivity index (χ2n) is 6.33. The van der Waals surface area contributed by atoms with Crippen molar-refractivity contribution in [3.63, 3.8) is 0 Å². The zero-order chi connectivity index (χ0) is 23.4. The molecule has 0 bridgehead atoms. The molecule has 0 atom stereocenters. The lowest BCUT2D eigenvalue weighted by Gasteiger charge is -2.26. The van der Waals surface area contributed by atoms with Gasteiger partial charge in [-0.3, -0.25) is 25.0 Å². The van der Waals surface area contributed by atoms with Crippen LogP contribution in [0.15, 0.2) is 48.0 Å². The van der Waals surface area contributed by atoms with Crippen LogP contribution in [0.4, 0.5) is 16.2 Å². The number of barbiturate groups is 1. The lowest BCUT2D eigenvalue weighted by molar-refractivity contribution is -0.384. The first-order chi connectivity index (χ1) is 15.2. The first-order valence-electron chi connectivity index (χ1n) is 8.90. The molecule has 0 unspecified atom stereocenters. The van der Waals surface area contributed by atoms with Crippen molar-refractivity contribution in [2.24, 2.45) is 0 Å². The maximum atomic E-state index is 12.9. The molecule has 0 radical (unpaired) electrons. The van der Waals surface area contributed by atoms with Crippen molar-refractivity contribution in [3.8, 4) is 11.5 Å². The predicted molar refractivity (Wildman–Crippen MR) is 108 cm³/mol. The quantitative estimate of drug-likeness (QED) is 0.282. The van der Waals surface area contributed by atoms with Gasteiger partial charge in [-0.05, 0) is 29.8 Å². The van der Waals surface area contributed by atoms with E-state index in [0.29, 0.717) is 10.5 Å². The molecule has 12 nitrogen and oxygen atoms in total. The van der Waals surface area contributed by atoms with E-state index >= 15 is 0 Å². The highest BCUT2D eigenvalue weighted by molar-refractivity contribution is 6.39. The van der Waals surface area contributed by atoms with Crippen molar-refractivity contribution in [1.82, 2.24) is 5.32 Å². The molecular formula is C20H15N3O9. The summed E-state index contributed by atoms with van der Waals surface area (Å²) in [6.45, 7) is -0.599. The molecule has 1 heterocycles. The minimum Gasteiger partial charge on any atom is -0.493 e. The van der Waals surface area contributed by atoms with Gasteiger partial charge in [-0.1, -0.05) is 12.1 Å². The smallest absolute Gasteiger partial charge is 0.341 e. The number of methoxy groups -OCH3 is 1. The molecule has 1 saturated heterocycles. The monoisotopic (exact) mass is 441 g/mol. The number of rotatable bonds is 7. The Labute approximate surface area is 179 Å². The van der Waals surface area contributed by atoms with Crippen LogP contribution in [0.3, 0.4) is 0 Å². The Morgan fingerprint density at radius 1 is 1.19 bits per heavy atom. The Morgan fingerprint density at radius 2 is 1.94 bits per heavy atom. The van der Waals surface area contributed by atoms with E-state index in [4.69, 9.17) is 14.6 Å². The van der Waals surface area contributed by atoms with Crippen LogP contribution < -0.4 is 19.7 Å². The fraction of sp³-hybridized carbons (Fsp3) is 0.100. The largest absolute Gasteiger partial charge is 0.493 e. The number of anilines is 1. The topological polar surface area (TPSA) is 165 Å². The molecule has 0 aliphatic carbocycles. The van der Waals surface area contributed by atoms with E-state index in [1.165, 1.54) is 49.6 Å². The van der Waals surface area contributed by atoms with Crippen LogP contribution in [0.5, 0.6) is 11.5 Å². The lowest BCUT2D eigenvalue weighted by Crippen LogP contribution is -2.54. The maximum absolute atomic E-state index is 12.9. The van der Waals surface area contributed by atoms with Gasteiger partial charge in [0.25, 0.3) is 17.5 Å². The van der Waals surface area contributed by atoms with Crippen molar-refractivity contribution in [1.29, 1.82) is 0 Å². The first-order valence-corrected chi connectivity index (χ1v) is 8.90. The Bertz CT molecular complexity index is 1170. The first kappa shape index (κ1) is 22.0. The third kappa shape index (κ3) is 4.53. The minimum atomic E-state index is -1.19. The number of imide groups is 2. The van der Waals surface area contributed by atoms with Crippen LogP contribution in [0, 0.1) is 10.1 Å². The number of carboxylic acid groups (broad SMARTS) is 1. The summed E-state index contributed by atoms with van der Waals surface area (Å²) < 4.78 is 10.2. The summed E-state index contributed by atoms with van der Waals surface area (Å²) in [7, 11) is 1.32. The molecule has 164 valence electrons. The summed E-state index contributed by atoms with van der Waals surface area (Å²) in [5.41, 5.74) is -0.518. The highest BCUT2D eigenvalue weighted by Crippen LogP contribution is 2.30. The van der Waals surface area contributed by atoms with Crippen LogP contribution >= 0.6 is 0 Å². The molecular weight excluding hydrogens is 426 g/mol. The van der Waals surface area contributed by atoms with E-state index in [1.807, 2.05) is 5.32 Å². The fourth-order valence-corrected chi connectivity index (χ4v) is 2.84. The minimum absolute atomic E-state index is 0.0879. The van der Waals surface area contributed by atoms with Gasteiger partial charge in [-0.25, -0.2) is 14.5 Å². The number of non-ortho nitro benzene ring substituents is 1. The number of hydrogen-bond acceptors (Lipinski definition) is 8. The number of nitrogens with zero attached hydrogens (tertiary/aromatic N) is 2. The number of benzene rings is 2. The standard InChI is InChI=1S/C20H15N3O9/c1-31-16-8-11(5-6-15(16)32-10-17(24)25)7-14-18(26)21-20(28)22(19(14)27)12-3-2-4-13(9-12)23(29)30/h2-9H,10H2,1H3,(H,24,25)(H,21,26,28)/b14-7+. The molecule has 2 aromatic rings. The lowest BCUT2D eigenvalue weighted by atomic mass is 10.1. The van der Waals surface area contributed by atoms with E-state index in [9.17, 15) is 29.3 Å². The van der Waals surface area contributed by atoms with Gasteiger partial charge >= 0.3 is 12.0 Å². The van der Waals surface area contributed by atoms with Gasteiger partial charge < -0.3 is 14.6 Å². The number of urea groups is 1. The SMILES string of the molecule is COc1cc(/C=C2\C(=O)NC(=O)N(c3cccc([N+](=O)[O-])c3)C2=O)ccc1OCC(=O)O. The number of nitro benzene ring substituents is 1. The van der Waals surface area contributed by atoms with Gasteiger partial charge in [-0.2, -0.15) is 0 Å². The van der Waals surface area contributed by atoms with E-state index in [-0.39, 0.29) is 22.9 Å². The number of nitrogens with one attached hydrogen (secondary N) is 1. The number of carbonyl (C=O) groups is 4. The van der Waals surface area contributed by atoms with E-state index < -0.39 is 40.9 Å². The molecule has 1 fully saturated rings. The molecule has 4 amide bonds. The average molecular weight is 441 g/mol. The van der Waals surface area contributed by atoms with Crippen LogP contribution in [0.2, 0.25) is 0 Å². The van der Waals surface area contributed by atoms with Crippen LogP contribution in [0.25, 0.3) is 6.08 Å². The Morgan fingerprint density at radius 3 is 2.59 bits per heavy atom. The maximum Gasteiger partial charge on any atom is 0.341 e. The van der Waals surface area contributed by atoms with E-state index in [1.54, 1.807) is 0 Å². The molecule has 1 aliphatic heterocycles. The van der Waals surface area contributed by atoms with Gasteiger partial charge in [0.15, 0.2) is 18.1 Å². The zero-order valence-electron chi connectivity index (χ0n) is 16.4. The molecule has 12 heteroatoms. The van der Waals surface area contributed by atoms with Gasteiger partial charge in [0, 0.05) is 12.1 Å². The molecule has 0 saturated carbocycles. The summed E-state index contributed by atoms with van der Waals surface area (Å²) in [6, 6.07) is 8.03. The Balaban J connectivity index is 1.96. The number of ether oxygens (including phenoxy) is 2. The van der Waals surface area contributed by atoms with Crippen molar-refractivity contribution in [2.45, 2.75) is 0 Å². The zero-order valence-corrected chi connectivity index (χ0v) is 16.4. The van der Waals surface area contributed by atoms with Gasteiger partial charge in [0.1, 0.15) is 5.57 Å². The fourth-order valence-electron chi connectivity index (χ4n) is 2.84. The Hall–Kier alpha value is -4.74. The van der Waals surface area contributed by atoms with Crippen LogP contribution in [-0.4, -0.2) is 47.6 Å². The number of hydrogen-bond donors (Lipinski definition) is 2. The third-order valence-electron chi connectivity index (χ3n) is 4.25. The van der Waals surface area contributed by atoms with Crippen molar-refractivity contribution in [3.05, 3.63) is 63.7 Å². The number of nitro groups is 1. The van der Waals surface area contributed by atoms with Crippen LogP contribution in [0.1, 0.15) is 5.56 Å². The van der Waals surface area contributed by atoms with Crippen molar-refractivity contribution >= 4 is 41.3 Å². The predicted octanol–water partition coefficient (Wildman–Crippen LogP) is 1.73. The molecule has 32 heavy (non-hydrogen) atoms. The molecule has 0 spiro atoms. The molecule has 3 rings (SSSR count). The number of amides is 4. The number of carboxylic acids is 1. The molecule has 2 aromatic carbocycles. The highest BCUT2D eigenvalue weighted by Gasteiger charge is 2.37. The highest BCUT2D eigenvalue weighted by atomic mass is 16.6. The average Bonchev–Trinajstić information content (AvgIpc) is 2.75. The van der Waals surface area contributed by atoms with E-state index in [0.717, 1.165) is 6.07 Å². The summed E-state index contributed by atoms with van der Waals surface area (Å²) in [6.07, 6.45) is 1.19. The summed E-state index contributed by atoms with van der Waals surface area (Å²) in [5, 5.41) is 21.8. The summed E-state index contributed by atoms with van der Waals surface area (Å²) in [5.74, 6) is -2.84. The third-order valence-corrected chi connectivity index (χ3v) is 4.25. The van der Waals surface area contributed by atoms with E-state index in [2.05, 4.69) is 0 Å². The number of carbonyl (C=O) groups excluding carboxylic acids is 3. The Kier molecular flexibility index (Phi) is 6.14. The van der Waals surface area contributed by atoms with Crippen molar-refractivity contribution in [2.75, 3.05) is 18.6 Å². The second-order valence-corrected chi connectivity index (χ2v) is 6.33. The van der Waals surface area contributed by atoms with Gasteiger partial charge in [0.05, 0.1) is 17.7 Å². The molecule has 0 aromatic heterocycles. The molecule has 1 aliphatic rings. The summed E-state index contributed by atoms with van der Waals surface area (Å²) >= 11 is 0. The second kappa shape index (κ2) is 8.95. The normalized spacial score (nSPS) is 14.8. The summed E-state index contributed by atoms with van der Waals surface area (Å²) in [4.78, 5) is 59.1. The molecule has 2 N–H and O–H groups in total. The van der Waals surface area contributed by atoms with Crippen molar-refractivity contribution < 1.29 is 38.7 Å². The van der Waals surface area contributed by atoms with Crippen LogP contribution in [-0.2, 0) is 14.4 Å². The van der Waals surface area contributed by atoms with Gasteiger partial charge in [-0.15, -0.1) is 0 Å². The number of aliphatic carboxylic acids is 1. The van der Waals surface area contributed by atoms with Gasteiger partial charge in [0.2, 0.25) is 0 Å².